The molecule has 1 saturated heterocycles. The summed E-state index contributed by atoms with van der Waals surface area (Å²) in [4.78, 5) is 2.90. The molecule has 1 N–H and O–H groups in total. The third-order valence-corrected chi connectivity index (χ3v) is 6.64. The lowest BCUT2D eigenvalue weighted by atomic mass is 9.88. The van der Waals surface area contributed by atoms with Crippen molar-refractivity contribution in [1.29, 1.82) is 0 Å². The van der Waals surface area contributed by atoms with Crippen molar-refractivity contribution in [1.82, 2.24) is 10.2 Å². The topological polar surface area (TPSA) is 15.3 Å². The van der Waals surface area contributed by atoms with Gasteiger partial charge in [-0.3, -0.25) is 4.90 Å². The summed E-state index contributed by atoms with van der Waals surface area (Å²) in [5, 5.41) is 3.91. The zero-order valence-electron chi connectivity index (χ0n) is 13.4. The van der Waals surface area contributed by atoms with Crippen LogP contribution in [-0.2, 0) is 0 Å². The van der Waals surface area contributed by atoms with Crippen LogP contribution in [0.3, 0.4) is 0 Å². The molecule has 0 aromatic carbocycles. The quantitative estimate of drug-likeness (QED) is 0.801. The van der Waals surface area contributed by atoms with Gasteiger partial charge in [-0.1, -0.05) is 6.92 Å². The molecule has 20 heavy (non-hydrogen) atoms. The number of hydrogen-bond acceptors (Lipinski definition) is 2. The highest BCUT2D eigenvalue weighted by Crippen LogP contribution is 2.50. The van der Waals surface area contributed by atoms with Crippen molar-refractivity contribution in [3.8, 4) is 0 Å². The van der Waals surface area contributed by atoms with Gasteiger partial charge < -0.3 is 5.32 Å². The summed E-state index contributed by atoms with van der Waals surface area (Å²) in [5.41, 5.74) is 0.420. The summed E-state index contributed by atoms with van der Waals surface area (Å²) in [7, 11) is 0. The van der Waals surface area contributed by atoms with E-state index in [1.54, 1.807) is 0 Å². The van der Waals surface area contributed by atoms with Crippen molar-refractivity contribution < 1.29 is 0 Å². The standard InChI is InChI=1S/C18H32N2/c1-3-16-10-19-18(2,15-8-9-15)12-20(16)11-17(13-4-5-13)14-6-7-14/h13-17,19H,3-12H2,1-2H3. The van der Waals surface area contributed by atoms with Crippen LogP contribution < -0.4 is 5.32 Å². The van der Waals surface area contributed by atoms with E-state index < -0.39 is 0 Å². The van der Waals surface area contributed by atoms with Crippen LogP contribution in [0.25, 0.3) is 0 Å². The second-order valence-corrected chi connectivity index (χ2v) is 8.40. The van der Waals surface area contributed by atoms with Gasteiger partial charge >= 0.3 is 0 Å². The van der Waals surface area contributed by atoms with Gasteiger partial charge in [0.05, 0.1) is 0 Å². The summed E-state index contributed by atoms with van der Waals surface area (Å²) in [6.45, 7) is 8.82. The molecule has 3 aliphatic carbocycles. The first-order chi connectivity index (χ1) is 9.69. The van der Waals surface area contributed by atoms with Gasteiger partial charge in [0.1, 0.15) is 0 Å². The van der Waals surface area contributed by atoms with Gasteiger partial charge in [0.15, 0.2) is 0 Å². The number of nitrogens with one attached hydrogen (secondary N) is 1. The molecule has 1 heterocycles. The van der Waals surface area contributed by atoms with Crippen molar-refractivity contribution in [2.75, 3.05) is 19.6 Å². The molecule has 2 heteroatoms. The van der Waals surface area contributed by atoms with Crippen LogP contribution in [0.15, 0.2) is 0 Å². The third-order valence-electron chi connectivity index (χ3n) is 6.64. The molecule has 2 atom stereocenters. The zero-order valence-corrected chi connectivity index (χ0v) is 13.4. The summed E-state index contributed by atoms with van der Waals surface area (Å²) in [6.07, 6.45) is 10.4. The van der Waals surface area contributed by atoms with Crippen LogP contribution in [0, 0.1) is 23.7 Å². The normalized spacial score (nSPS) is 39.5. The lowest BCUT2D eigenvalue weighted by molar-refractivity contribution is 0.0525. The second kappa shape index (κ2) is 4.98. The smallest absolute Gasteiger partial charge is 0.0309 e. The molecular formula is C18H32N2. The highest BCUT2D eigenvalue weighted by atomic mass is 15.3. The van der Waals surface area contributed by atoms with Crippen molar-refractivity contribution in [3.05, 3.63) is 0 Å². The summed E-state index contributed by atoms with van der Waals surface area (Å²) < 4.78 is 0. The Morgan fingerprint density at radius 2 is 1.75 bits per heavy atom. The van der Waals surface area contributed by atoms with Crippen LogP contribution in [0.2, 0.25) is 0 Å². The maximum atomic E-state index is 3.91. The Labute approximate surface area is 124 Å². The first-order valence-corrected chi connectivity index (χ1v) is 9.18. The molecule has 4 rings (SSSR count). The first-order valence-electron chi connectivity index (χ1n) is 9.18. The zero-order chi connectivity index (χ0) is 13.7. The molecule has 0 amide bonds. The van der Waals surface area contributed by atoms with E-state index in [0.717, 1.165) is 29.7 Å². The minimum Gasteiger partial charge on any atom is -0.308 e. The molecule has 2 unspecified atom stereocenters. The minimum atomic E-state index is 0.420. The van der Waals surface area contributed by atoms with Crippen LogP contribution in [0.5, 0.6) is 0 Å². The number of hydrogen-bond donors (Lipinski definition) is 1. The van der Waals surface area contributed by atoms with Gasteiger partial charge in [-0.15, -0.1) is 0 Å². The van der Waals surface area contributed by atoms with Gasteiger partial charge in [0, 0.05) is 31.2 Å². The molecule has 114 valence electrons. The third kappa shape index (κ3) is 2.66. The molecule has 0 spiro atoms. The predicted molar refractivity (Wildman–Crippen MR) is 83.7 cm³/mol. The Balaban J connectivity index is 1.44. The van der Waals surface area contributed by atoms with Crippen LogP contribution >= 0.6 is 0 Å². The maximum Gasteiger partial charge on any atom is 0.0309 e. The van der Waals surface area contributed by atoms with E-state index in [2.05, 4.69) is 24.1 Å². The van der Waals surface area contributed by atoms with E-state index in [1.807, 2.05) is 0 Å². The largest absolute Gasteiger partial charge is 0.308 e. The lowest BCUT2D eigenvalue weighted by Crippen LogP contribution is -2.64. The number of piperazine rings is 1. The molecule has 4 fully saturated rings. The molecule has 0 aromatic heterocycles. The van der Waals surface area contributed by atoms with Crippen LogP contribution in [0.1, 0.15) is 58.8 Å². The number of rotatable bonds is 6. The fourth-order valence-electron chi connectivity index (χ4n) is 4.70. The Morgan fingerprint density at radius 3 is 2.25 bits per heavy atom. The summed E-state index contributed by atoms with van der Waals surface area (Å²) >= 11 is 0. The first kappa shape index (κ1) is 13.6. The summed E-state index contributed by atoms with van der Waals surface area (Å²) in [5.74, 6) is 4.21. The predicted octanol–water partition coefficient (Wildman–Crippen LogP) is 3.28. The molecule has 0 bridgehead atoms. The van der Waals surface area contributed by atoms with Crippen LogP contribution in [0.4, 0.5) is 0 Å². The molecule has 2 nitrogen and oxygen atoms in total. The lowest BCUT2D eigenvalue weighted by Gasteiger charge is -2.47. The minimum absolute atomic E-state index is 0.420. The highest BCUT2D eigenvalue weighted by Gasteiger charge is 2.48. The Kier molecular flexibility index (Phi) is 3.38. The van der Waals surface area contributed by atoms with Gasteiger partial charge in [0.2, 0.25) is 0 Å². The Morgan fingerprint density at radius 1 is 1.10 bits per heavy atom. The van der Waals surface area contributed by atoms with Crippen molar-refractivity contribution >= 4 is 0 Å². The van der Waals surface area contributed by atoms with Crippen molar-refractivity contribution in [2.24, 2.45) is 23.7 Å². The van der Waals surface area contributed by atoms with Crippen molar-refractivity contribution in [3.63, 3.8) is 0 Å². The van der Waals surface area contributed by atoms with E-state index >= 15 is 0 Å². The summed E-state index contributed by atoms with van der Waals surface area (Å²) in [6, 6.07) is 0.793. The monoisotopic (exact) mass is 276 g/mol. The highest BCUT2D eigenvalue weighted by molar-refractivity contribution is 5.05. The molecule has 3 saturated carbocycles. The van der Waals surface area contributed by atoms with Gasteiger partial charge in [-0.25, -0.2) is 0 Å². The van der Waals surface area contributed by atoms with E-state index in [1.165, 1.54) is 64.6 Å². The maximum absolute atomic E-state index is 3.91. The van der Waals surface area contributed by atoms with Crippen molar-refractivity contribution in [2.45, 2.75) is 70.4 Å². The van der Waals surface area contributed by atoms with Gasteiger partial charge in [-0.05, 0) is 75.5 Å². The van der Waals surface area contributed by atoms with Gasteiger partial charge in [-0.2, -0.15) is 0 Å². The van der Waals surface area contributed by atoms with E-state index in [0.29, 0.717) is 5.54 Å². The fraction of sp³-hybridized carbons (Fsp3) is 1.00. The molecule has 1 aliphatic heterocycles. The molecule has 4 aliphatic rings. The second-order valence-electron chi connectivity index (χ2n) is 8.40. The molecular weight excluding hydrogens is 244 g/mol. The number of nitrogens with zero attached hydrogens (tertiary/aromatic N) is 1. The molecule has 0 radical (unpaired) electrons. The van der Waals surface area contributed by atoms with E-state index in [9.17, 15) is 0 Å². The van der Waals surface area contributed by atoms with Gasteiger partial charge in [0.25, 0.3) is 0 Å². The Hall–Kier alpha value is -0.0800. The SMILES string of the molecule is CCC1CNC(C)(C2CC2)CN1CC(C1CC1)C1CC1. The molecule has 0 aromatic rings. The van der Waals surface area contributed by atoms with E-state index in [4.69, 9.17) is 0 Å². The van der Waals surface area contributed by atoms with Crippen LogP contribution in [-0.4, -0.2) is 36.1 Å². The Bertz CT molecular complexity index is 344. The average molecular weight is 276 g/mol. The van der Waals surface area contributed by atoms with E-state index in [-0.39, 0.29) is 0 Å². The average Bonchev–Trinajstić information content (AvgIpc) is 3.33. The fourth-order valence-corrected chi connectivity index (χ4v) is 4.70.